The van der Waals surface area contributed by atoms with Crippen molar-refractivity contribution in [3.05, 3.63) is 5.92 Å². The van der Waals surface area contributed by atoms with Gasteiger partial charge in [0, 0.05) is 0 Å². The summed E-state index contributed by atoms with van der Waals surface area (Å²) in [7, 11) is 0. The van der Waals surface area contributed by atoms with Crippen LogP contribution in [-0.2, 0) is 13.2 Å². The Kier molecular flexibility index (Phi) is 17.2. The van der Waals surface area contributed by atoms with Crippen molar-refractivity contribution in [2.75, 3.05) is 0 Å². The predicted octanol–water partition coefficient (Wildman–Crippen LogP) is 3.31. The van der Waals surface area contributed by atoms with Crippen LogP contribution in [0.3, 0.4) is 0 Å². The Hall–Kier alpha value is 1.58. The first-order valence-electron chi connectivity index (χ1n) is 2.03. The maximum absolute atomic E-state index is 3.25. The summed E-state index contributed by atoms with van der Waals surface area (Å²) in [6.07, 6.45) is 0. The number of hydrogen-bond donors (Lipinski definition) is 0. The number of rotatable bonds is 0. The molecule has 0 aromatic heterocycles. The van der Waals surface area contributed by atoms with Gasteiger partial charge < -0.3 is 0 Å². The standard InChI is InChI=1S/C4H9.2BrH.Zn/c1-4(2)3;;;/h1-3H3;2*1H;/q;;;+2/p-2. The van der Waals surface area contributed by atoms with Crippen LogP contribution in [0.5, 0.6) is 0 Å². The quantitative estimate of drug-likeness (QED) is 0.598. The molecule has 41 valence electrons. The minimum atomic E-state index is -0.250. The summed E-state index contributed by atoms with van der Waals surface area (Å²) < 4.78 is 0. The average molecular weight is 282 g/mol. The van der Waals surface area contributed by atoms with Crippen molar-refractivity contribution in [2.45, 2.75) is 20.8 Å². The first-order chi connectivity index (χ1) is 3.15. The van der Waals surface area contributed by atoms with E-state index in [9.17, 15) is 0 Å². The van der Waals surface area contributed by atoms with Crippen LogP contribution >= 0.6 is 27.2 Å². The molecule has 0 saturated carbocycles. The van der Waals surface area contributed by atoms with E-state index in [2.05, 4.69) is 48.0 Å². The zero-order chi connectivity index (χ0) is 6.28. The van der Waals surface area contributed by atoms with Crippen molar-refractivity contribution in [1.29, 1.82) is 0 Å². The van der Waals surface area contributed by atoms with E-state index >= 15 is 0 Å². The molecule has 0 N–H and O–H groups in total. The molecule has 0 aliphatic heterocycles. The van der Waals surface area contributed by atoms with Crippen molar-refractivity contribution in [2.24, 2.45) is 0 Å². The average Bonchev–Trinajstić information content (AvgIpc) is 1.33. The monoisotopic (exact) mass is 279 g/mol. The Morgan fingerprint density at radius 3 is 1.14 bits per heavy atom. The summed E-state index contributed by atoms with van der Waals surface area (Å²) >= 11 is 6.25. The van der Waals surface area contributed by atoms with E-state index < -0.39 is 0 Å². The molecule has 0 bridgehead atoms. The van der Waals surface area contributed by atoms with Gasteiger partial charge in [-0.25, -0.2) is 0 Å². The van der Waals surface area contributed by atoms with Crippen molar-refractivity contribution in [1.82, 2.24) is 0 Å². The fourth-order valence-corrected chi connectivity index (χ4v) is 0. The van der Waals surface area contributed by atoms with E-state index in [1.165, 1.54) is 5.92 Å². The zero-order valence-corrected chi connectivity index (χ0v) is 11.1. The fourth-order valence-electron chi connectivity index (χ4n) is 0. The van der Waals surface area contributed by atoms with Crippen LogP contribution in [-0.4, -0.2) is 0 Å². The molecule has 0 rings (SSSR count). The van der Waals surface area contributed by atoms with E-state index in [0.717, 1.165) is 0 Å². The molecule has 0 heterocycles. The van der Waals surface area contributed by atoms with Gasteiger partial charge in [0.15, 0.2) is 0 Å². The molecule has 0 fully saturated rings. The van der Waals surface area contributed by atoms with E-state index in [1.807, 2.05) is 0 Å². The van der Waals surface area contributed by atoms with Gasteiger partial charge in [0.25, 0.3) is 0 Å². The van der Waals surface area contributed by atoms with Gasteiger partial charge >= 0.3 is 40.5 Å². The third kappa shape index (κ3) is 94.3. The maximum atomic E-state index is 3.25. The number of halogens is 2. The topological polar surface area (TPSA) is 0 Å². The van der Waals surface area contributed by atoms with Crippen molar-refractivity contribution < 1.29 is 13.2 Å². The molecule has 0 saturated heterocycles. The molecular weight excluding hydrogens is 273 g/mol. The van der Waals surface area contributed by atoms with Gasteiger partial charge in [-0.3, -0.25) is 0 Å². The Bertz CT molecular complexity index is 20.9. The van der Waals surface area contributed by atoms with E-state index in [-0.39, 0.29) is 13.2 Å². The fraction of sp³-hybridized carbons (Fsp3) is 0.750. The van der Waals surface area contributed by atoms with E-state index in [1.54, 1.807) is 0 Å². The predicted molar refractivity (Wildman–Crippen MR) is 38.1 cm³/mol. The SMILES string of the molecule is C[C](C)C.[Br][Zn][Br]. The second-order valence-corrected chi connectivity index (χ2v) is 15.7. The second-order valence-electron chi connectivity index (χ2n) is 1.60. The van der Waals surface area contributed by atoms with Crippen molar-refractivity contribution >= 4 is 27.2 Å². The Morgan fingerprint density at radius 2 is 1.14 bits per heavy atom. The first kappa shape index (κ1) is 11.4. The van der Waals surface area contributed by atoms with E-state index in [0.29, 0.717) is 0 Å². The molecule has 0 nitrogen and oxygen atoms in total. The summed E-state index contributed by atoms with van der Waals surface area (Å²) in [4.78, 5) is 0. The molecule has 0 unspecified atom stereocenters. The second kappa shape index (κ2) is 10.5. The number of hydrogen-bond acceptors (Lipinski definition) is 0. The van der Waals surface area contributed by atoms with Gasteiger partial charge in [-0.1, -0.05) is 20.8 Å². The molecule has 7 heavy (non-hydrogen) atoms. The van der Waals surface area contributed by atoms with Crippen LogP contribution in [0.1, 0.15) is 20.8 Å². The van der Waals surface area contributed by atoms with E-state index in [4.69, 9.17) is 0 Å². The molecule has 0 aromatic rings. The zero-order valence-electron chi connectivity index (χ0n) is 4.96. The molecule has 1 radical (unpaired) electrons. The van der Waals surface area contributed by atoms with Crippen LogP contribution < -0.4 is 0 Å². The van der Waals surface area contributed by atoms with Gasteiger partial charge in [-0.05, 0) is 5.92 Å². The van der Waals surface area contributed by atoms with Crippen LogP contribution in [0.25, 0.3) is 0 Å². The Morgan fingerprint density at radius 1 is 1.14 bits per heavy atom. The summed E-state index contributed by atoms with van der Waals surface area (Å²) in [5.74, 6) is 1.42. The van der Waals surface area contributed by atoms with Crippen LogP contribution in [0, 0.1) is 5.92 Å². The summed E-state index contributed by atoms with van der Waals surface area (Å²) in [6.45, 7) is 6.25. The van der Waals surface area contributed by atoms with Crippen LogP contribution in [0.4, 0.5) is 0 Å². The minimum absolute atomic E-state index is 0.250. The molecule has 0 aliphatic rings. The van der Waals surface area contributed by atoms with Crippen molar-refractivity contribution in [3.8, 4) is 0 Å². The van der Waals surface area contributed by atoms with Crippen LogP contribution in [0.15, 0.2) is 0 Å². The van der Waals surface area contributed by atoms with Gasteiger partial charge in [0.1, 0.15) is 0 Å². The molecule has 3 heteroatoms. The molecule has 0 amide bonds. The first-order valence-corrected chi connectivity index (χ1v) is 15.9. The normalized spacial score (nSPS) is 6.57. The third-order valence-corrected chi connectivity index (χ3v) is 0. The molecular formula is C4H9Br2Zn. The third-order valence-electron chi connectivity index (χ3n) is 0. The van der Waals surface area contributed by atoms with Gasteiger partial charge in [-0.15, -0.1) is 0 Å². The molecule has 0 aromatic carbocycles. The van der Waals surface area contributed by atoms with Gasteiger partial charge in [0.2, 0.25) is 0 Å². The Labute approximate surface area is 66.8 Å². The van der Waals surface area contributed by atoms with Gasteiger partial charge in [-0.2, -0.15) is 0 Å². The molecule has 0 atom stereocenters. The summed E-state index contributed by atoms with van der Waals surface area (Å²) in [5, 5.41) is 0. The molecule has 0 spiro atoms. The summed E-state index contributed by atoms with van der Waals surface area (Å²) in [5.41, 5.74) is 0. The van der Waals surface area contributed by atoms with Gasteiger partial charge in [0.05, 0.1) is 0 Å². The summed E-state index contributed by atoms with van der Waals surface area (Å²) in [6, 6.07) is 0. The molecule has 0 aliphatic carbocycles. The van der Waals surface area contributed by atoms with Crippen LogP contribution in [0.2, 0.25) is 0 Å². The Balaban J connectivity index is 0. The van der Waals surface area contributed by atoms with Crippen molar-refractivity contribution in [3.63, 3.8) is 0 Å².